The monoisotopic (exact) mass is 273 g/mol. The summed E-state index contributed by atoms with van der Waals surface area (Å²) in [5.41, 5.74) is 9.58. The minimum absolute atomic E-state index is 0.158. The summed E-state index contributed by atoms with van der Waals surface area (Å²) >= 11 is 0. The highest BCUT2D eigenvalue weighted by molar-refractivity contribution is 5.37. The summed E-state index contributed by atoms with van der Waals surface area (Å²) in [5.74, 6) is 0.856. The van der Waals surface area contributed by atoms with Crippen LogP contribution in [0.3, 0.4) is 0 Å². The van der Waals surface area contributed by atoms with Crippen molar-refractivity contribution in [3.8, 4) is 5.75 Å². The Labute approximate surface area is 120 Å². The molecular formula is C16H23N3O. The Morgan fingerprint density at radius 3 is 2.75 bits per heavy atom. The molecule has 2 rings (SSSR count). The topological polar surface area (TPSA) is 53.1 Å². The normalized spacial score (nSPS) is 12.7. The molecule has 0 spiro atoms. The van der Waals surface area contributed by atoms with Crippen LogP contribution in [0.4, 0.5) is 0 Å². The van der Waals surface area contributed by atoms with Gasteiger partial charge in [0.25, 0.3) is 0 Å². The summed E-state index contributed by atoms with van der Waals surface area (Å²) in [7, 11) is 1.92. The van der Waals surface area contributed by atoms with E-state index < -0.39 is 0 Å². The van der Waals surface area contributed by atoms with Crippen LogP contribution >= 0.6 is 0 Å². The molecule has 0 radical (unpaired) electrons. The van der Waals surface area contributed by atoms with Crippen LogP contribution in [0.25, 0.3) is 0 Å². The predicted molar refractivity (Wildman–Crippen MR) is 80.8 cm³/mol. The third-order valence-electron chi connectivity index (χ3n) is 3.20. The lowest BCUT2D eigenvalue weighted by Crippen LogP contribution is -2.13. The van der Waals surface area contributed by atoms with Crippen molar-refractivity contribution in [1.29, 1.82) is 0 Å². The first kappa shape index (κ1) is 14.6. The second-order valence-corrected chi connectivity index (χ2v) is 5.28. The largest absolute Gasteiger partial charge is 0.491 e. The van der Waals surface area contributed by atoms with Crippen LogP contribution < -0.4 is 10.5 Å². The first-order chi connectivity index (χ1) is 9.51. The van der Waals surface area contributed by atoms with Gasteiger partial charge in [-0.1, -0.05) is 19.1 Å². The number of aryl methyl sites for hydroxylation is 2. The van der Waals surface area contributed by atoms with Gasteiger partial charge >= 0.3 is 0 Å². The third kappa shape index (κ3) is 3.20. The summed E-state index contributed by atoms with van der Waals surface area (Å²) in [6.45, 7) is 6.13. The summed E-state index contributed by atoms with van der Waals surface area (Å²) in [6, 6.07) is 7.81. The fourth-order valence-corrected chi connectivity index (χ4v) is 2.32. The van der Waals surface area contributed by atoms with Gasteiger partial charge in [-0.25, -0.2) is 0 Å². The summed E-state index contributed by atoms with van der Waals surface area (Å²) in [6.07, 6.45) is 3.04. The average Bonchev–Trinajstić information content (AvgIpc) is 2.78. The average molecular weight is 273 g/mol. The first-order valence-electron chi connectivity index (χ1n) is 7.05. The molecule has 4 heteroatoms. The SMILES string of the molecule is CCc1nn(C)cc1C(N)c1cccc(OC(C)C)c1. The highest BCUT2D eigenvalue weighted by Crippen LogP contribution is 2.25. The molecule has 4 nitrogen and oxygen atoms in total. The van der Waals surface area contributed by atoms with Crippen molar-refractivity contribution in [2.24, 2.45) is 12.8 Å². The quantitative estimate of drug-likeness (QED) is 0.911. The molecular weight excluding hydrogens is 250 g/mol. The summed E-state index contributed by atoms with van der Waals surface area (Å²) in [5, 5.41) is 4.45. The van der Waals surface area contributed by atoms with E-state index in [9.17, 15) is 0 Å². The maximum atomic E-state index is 6.40. The van der Waals surface area contributed by atoms with Gasteiger partial charge in [-0.15, -0.1) is 0 Å². The smallest absolute Gasteiger partial charge is 0.120 e. The van der Waals surface area contributed by atoms with Crippen LogP contribution in [-0.4, -0.2) is 15.9 Å². The fourth-order valence-electron chi connectivity index (χ4n) is 2.32. The molecule has 0 saturated heterocycles. The van der Waals surface area contributed by atoms with Gasteiger partial charge in [-0.05, 0) is 38.0 Å². The van der Waals surface area contributed by atoms with Crippen molar-refractivity contribution >= 4 is 0 Å². The molecule has 0 fully saturated rings. The number of benzene rings is 1. The number of aromatic nitrogens is 2. The van der Waals surface area contributed by atoms with Crippen LogP contribution in [0.1, 0.15) is 43.6 Å². The van der Waals surface area contributed by atoms with Crippen LogP contribution in [0, 0.1) is 0 Å². The van der Waals surface area contributed by atoms with Crippen molar-refractivity contribution < 1.29 is 4.74 Å². The van der Waals surface area contributed by atoms with Gasteiger partial charge in [-0.2, -0.15) is 5.10 Å². The lowest BCUT2D eigenvalue weighted by atomic mass is 9.99. The molecule has 1 aromatic heterocycles. The van der Waals surface area contributed by atoms with Crippen molar-refractivity contribution in [3.05, 3.63) is 47.3 Å². The number of hydrogen-bond acceptors (Lipinski definition) is 3. The zero-order chi connectivity index (χ0) is 14.7. The van der Waals surface area contributed by atoms with E-state index >= 15 is 0 Å². The van der Waals surface area contributed by atoms with Gasteiger partial charge in [0.05, 0.1) is 17.8 Å². The van der Waals surface area contributed by atoms with Gasteiger partial charge in [0.2, 0.25) is 0 Å². The van der Waals surface area contributed by atoms with E-state index in [1.165, 1.54) is 0 Å². The van der Waals surface area contributed by atoms with E-state index in [1.54, 1.807) is 0 Å². The fraction of sp³-hybridized carbons (Fsp3) is 0.438. The van der Waals surface area contributed by atoms with E-state index in [1.807, 2.05) is 56.0 Å². The maximum Gasteiger partial charge on any atom is 0.120 e. The van der Waals surface area contributed by atoms with E-state index in [0.717, 1.165) is 29.0 Å². The van der Waals surface area contributed by atoms with Crippen molar-refractivity contribution in [2.45, 2.75) is 39.3 Å². The van der Waals surface area contributed by atoms with E-state index in [-0.39, 0.29) is 12.1 Å². The second kappa shape index (κ2) is 6.09. The van der Waals surface area contributed by atoms with Gasteiger partial charge in [0, 0.05) is 18.8 Å². The Morgan fingerprint density at radius 1 is 1.35 bits per heavy atom. The molecule has 1 heterocycles. The van der Waals surface area contributed by atoms with Crippen molar-refractivity contribution in [3.63, 3.8) is 0 Å². The van der Waals surface area contributed by atoms with Crippen molar-refractivity contribution in [2.75, 3.05) is 0 Å². The molecule has 2 aromatic rings. The van der Waals surface area contributed by atoms with E-state index in [0.29, 0.717) is 0 Å². The van der Waals surface area contributed by atoms with Gasteiger partial charge in [0.15, 0.2) is 0 Å². The zero-order valence-corrected chi connectivity index (χ0v) is 12.6. The predicted octanol–water partition coefficient (Wildman–Crippen LogP) is 2.82. The Kier molecular flexibility index (Phi) is 4.45. The molecule has 0 aliphatic heterocycles. The molecule has 0 saturated carbocycles. The van der Waals surface area contributed by atoms with Crippen LogP contribution in [-0.2, 0) is 13.5 Å². The standard InChI is InChI=1S/C16H23N3O/c1-5-15-14(10-19(4)18-15)16(17)12-7-6-8-13(9-12)20-11(2)3/h6-11,16H,5,17H2,1-4H3. The third-order valence-corrected chi connectivity index (χ3v) is 3.20. The summed E-state index contributed by atoms with van der Waals surface area (Å²) < 4.78 is 7.55. The van der Waals surface area contributed by atoms with Gasteiger partial charge < -0.3 is 10.5 Å². The van der Waals surface area contributed by atoms with E-state index in [2.05, 4.69) is 12.0 Å². The molecule has 2 N–H and O–H groups in total. The van der Waals surface area contributed by atoms with Crippen molar-refractivity contribution in [1.82, 2.24) is 9.78 Å². The Morgan fingerprint density at radius 2 is 2.10 bits per heavy atom. The second-order valence-electron chi connectivity index (χ2n) is 5.28. The lowest BCUT2D eigenvalue weighted by molar-refractivity contribution is 0.242. The first-order valence-corrected chi connectivity index (χ1v) is 7.05. The Hall–Kier alpha value is -1.81. The number of nitrogens with two attached hydrogens (primary N) is 1. The Balaban J connectivity index is 2.30. The molecule has 0 amide bonds. The Bertz CT molecular complexity index is 575. The molecule has 20 heavy (non-hydrogen) atoms. The molecule has 0 bridgehead atoms. The highest BCUT2D eigenvalue weighted by Gasteiger charge is 2.16. The van der Waals surface area contributed by atoms with E-state index in [4.69, 9.17) is 10.5 Å². The number of ether oxygens (including phenoxy) is 1. The summed E-state index contributed by atoms with van der Waals surface area (Å²) in [4.78, 5) is 0. The molecule has 1 aromatic carbocycles. The maximum absolute atomic E-state index is 6.40. The minimum atomic E-state index is -0.172. The van der Waals surface area contributed by atoms with Gasteiger partial charge in [0.1, 0.15) is 5.75 Å². The van der Waals surface area contributed by atoms with Crippen LogP contribution in [0.2, 0.25) is 0 Å². The molecule has 108 valence electrons. The number of rotatable bonds is 5. The number of hydrogen-bond donors (Lipinski definition) is 1. The molecule has 1 unspecified atom stereocenters. The lowest BCUT2D eigenvalue weighted by Gasteiger charge is -2.15. The van der Waals surface area contributed by atoms with Crippen LogP contribution in [0.5, 0.6) is 5.75 Å². The van der Waals surface area contributed by atoms with Gasteiger partial charge in [-0.3, -0.25) is 4.68 Å². The van der Waals surface area contributed by atoms with Crippen LogP contribution in [0.15, 0.2) is 30.5 Å². The minimum Gasteiger partial charge on any atom is -0.491 e. The molecule has 1 atom stereocenters. The highest BCUT2D eigenvalue weighted by atomic mass is 16.5. The zero-order valence-electron chi connectivity index (χ0n) is 12.6. The number of nitrogens with zero attached hydrogens (tertiary/aromatic N) is 2. The molecule has 0 aliphatic carbocycles. The molecule has 0 aliphatic rings.